The summed E-state index contributed by atoms with van der Waals surface area (Å²) in [6.45, 7) is 0. The van der Waals surface area contributed by atoms with Gasteiger partial charge in [0.2, 0.25) is 0 Å². The SMILES string of the molecule is B1=CC=Cc2ccccc2N1.c1ccc2[nH]ccc2c1. The fourth-order valence-corrected chi connectivity index (χ4v) is 2.12. The first kappa shape index (κ1) is 12.5. The van der Waals surface area contributed by atoms with Crippen molar-refractivity contribution in [2.24, 2.45) is 0 Å². The molecule has 2 aromatic carbocycles. The molecule has 4 rings (SSSR count). The Kier molecular flexibility index (Phi) is 3.79. The van der Waals surface area contributed by atoms with E-state index in [0.717, 1.165) is 5.69 Å². The molecule has 0 bridgehead atoms. The van der Waals surface area contributed by atoms with Crippen LogP contribution in [0, 0.1) is 0 Å². The van der Waals surface area contributed by atoms with Gasteiger partial charge in [-0.3, -0.25) is 0 Å². The van der Waals surface area contributed by atoms with Crippen molar-refractivity contribution in [1.82, 2.24) is 4.98 Å². The summed E-state index contributed by atoms with van der Waals surface area (Å²) in [5.41, 5.74) is 3.60. The zero-order valence-corrected chi connectivity index (χ0v) is 11.1. The first-order valence-electron chi connectivity index (χ1n) is 6.64. The summed E-state index contributed by atoms with van der Waals surface area (Å²) in [5, 5.41) is 4.46. The van der Waals surface area contributed by atoms with Gasteiger partial charge in [0, 0.05) is 11.7 Å². The molecular weight excluding hydrogens is 243 g/mol. The normalized spacial score (nSPS) is 11.6. The van der Waals surface area contributed by atoms with Crippen LogP contribution in [0.3, 0.4) is 0 Å². The van der Waals surface area contributed by atoms with Gasteiger partial charge in [-0.05, 0) is 17.5 Å². The van der Waals surface area contributed by atoms with E-state index in [4.69, 9.17) is 0 Å². The average Bonchev–Trinajstić information content (AvgIpc) is 2.85. The largest absolute Gasteiger partial charge is 0.361 e. The fraction of sp³-hybridized carbons (Fsp3) is 0. The van der Waals surface area contributed by atoms with Crippen LogP contribution in [-0.2, 0) is 0 Å². The Morgan fingerprint density at radius 3 is 2.65 bits per heavy atom. The molecule has 0 atom stereocenters. The summed E-state index contributed by atoms with van der Waals surface area (Å²) < 4.78 is 0. The molecule has 1 aromatic heterocycles. The first-order valence-corrected chi connectivity index (χ1v) is 6.64. The van der Waals surface area contributed by atoms with Crippen LogP contribution >= 0.6 is 0 Å². The molecule has 0 aliphatic carbocycles. The summed E-state index contributed by atoms with van der Waals surface area (Å²) in [6.07, 6.45) is 6.06. The van der Waals surface area contributed by atoms with E-state index in [2.05, 4.69) is 46.6 Å². The van der Waals surface area contributed by atoms with Gasteiger partial charge in [0.05, 0.1) is 0 Å². The van der Waals surface area contributed by atoms with Gasteiger partial charge in [0.1, 0.15) is 0 Å². The molecule has 0 unspecified atom stereocenters. The number of H-pyrrole nitrogens is 1. The molecule has 20 heavy (non-hydrogen) atoms. The molecule has 0 radical (unpaired) electrons. The third-order valence-electron chi connectivity index (χ3n) is 3.15. The van der Waals surface area contributed by atoms with E-state index in [-0.39, 0.29) is 0 Å². The van der Waals surface area contributed by atoms with Crippen LogP contribution in [0.1, 0.15) is 5.56 Å². The molecule has 3 aromatic rings. The van der Waals surface area contributed by atoms with Crippen molar-refractivity contribution in [1.29, 1.82) is 0 Å². The van der Waals surface area contributed by atoms with Gasteiger partial charge in [-0.1, -0.05) is 18.2 Å². The minimum absolute atomic E-state index is 1.16. The van der Waals surface area contributed by atoms with Gasteiger partial charge in [-0.15, -0.1) is 0 Å². The van der Waals surface area contributed by atoms with Crippen LogP contribution in [0.2, 0.25) is 0 Å². The van der Waals surface area contributed by atoms with Gasteiger partial charge in [-0.25, -0.2) is 0 Å². The van der Waals surface area contributed by atoms with Gasteiger partial charge < -0.3 is 4.98 Å². The van der Waals surface area contributed by atoms with Crippen molar-refractivity contribution >= 4 is 35.7 Å². The van der Waals surface area contributed by atoms with Gasteiger partial charge in [0.25, 0.3) is 0 Å². The fourth-order valence-electron chi connectivity index (χ4n) is 2.12. The maximum absolute atomic E-state index is 3.18. The summed E-state index contributed by atoms with van der Waals surface area (Å²) >= 11 is 0. The summed E-state index contributed by atoms with van der Waals surface area (Å²) in [6, 6.07) is 18.5. The Labute approximate surface area is 119 Å². The maximum Gasteiger partial charge on any atom is 0.0453 e. The van der Waals surface area contributed by atoms with Crippen molar-refractivity contribution in [3.8, 4) is 0 Å². The monoisotopic (exact) mass is 258 g/mol. The van der Waals surface area contributed by atoms with Crippen molar-refractivity contribution < 1.29 is 0 Å². The number of fused-ring (bicyclic) bond motifs is 2. The molecule has 0 fully saturated rings. The van der Waals surface area contributed by atoms with Gasteiger partial charge in [-0.2, -0.15) is 0 Å². The maximum atomic E-state index is 3.18. The summed E-state index contributed by atoms with van der Waals surface area (Å²) in [4.78, 5) is 3.12. The van der Waals surface area contributed by atoms with Crippen molar-refractivity contribution in [3.63, 3.8) is 0 Å². The molecule has 1 aliphatic heterocycles. The molecule has 96 valence electrons. The van der Waals surface area contributed by atoms with Crippen LogP contribution in [0.15, 0.2) is 66.9 Å². The number of anilines is 1. The quantitative estimate of drug-likeness (QED) is 0.591. The number of hydrogen-bond donors (Lipinski definition) is 2. The number of aromatic amines is 1. The molecule has 0 amide bonds. The number of nitrogens with one attached hydrogen (secondary N) is 2. The Morgan fingerprint density at radius 1 is 0.850 bits per heavy atom. The van der Waals surface area contributed by atoms with Crippen LogP contribution in [0.4, 0.5) is 5.69 Å². The van der Waals surface area contributed by atoms with Crippen molar-refractivity contribution in [3.05, 3.63) is 72.4 Å². The topological polar surface area (TPSA) is 27.8 Å². The number of rotatable bonds is 0. The zero-order valence-electron chi connectivity index (χ0n) is 11.1. The molecule has 2 N–H and O–H groups in total. The Balaban J connectivity index is 0.000000123. The average molecular weight is 258 g/mol. The minimum atomic E-state index is 1.16. The molecule has 0 saturated heterocycles. The third kappa shape index (κ3) is 2.89. The third-order valence-corrected chi connectivity index (χ3v) is 3.15. The Hall–Kier alpha value is -2.55. The number of allylic oxidation sites excluding steroid dienone is 1. The molecule has 0 spiro atoms. The molecule has 2 nitrogen and oxygen atoms in total. The van der Waals surface area contributed by atoms with Crippen LogP contribution in [-0.4, -0.2) is 18.0 Å². The van der Waals surface area contributed by atoms with Crippen LogP contribution in [0.5, 0.6) is 0 Å². The summed E-state index contributed by atoms with van der Waals surface area (Å²) in [7, 11) is 1.93. The Bertz CT molecular complexity index is 726. The van der Waals surface area contributed by atoms with Gasteiger partial charge >= 0.3 is 65.9 Å². The minimum Gasteiger partial charge on any atom is -0.361 e. The van der Waals surface area contributed by atoms with Crippen molar-refractivity contribution in [2.75, 3.05) is 5.23 Å². The zero-order chi connectivity index (χ0) is 13.6. The van der Waals surface area contributed by atoms with E-state index in [1.807, 2.05) is 49.6 Å². The van der Waals surface area contributed by atoms with E-state index in [9.17, 15) is 0 Å². The number of benzene rings is 2. The molecule has 2 heterocycles. The predicted octanol–water partition coefficient (Wildman–Crippen LogP) is 3.71. The first-order chi connectivity index (χ1) is 9.93. The van der Waals surface area contributed by atoms with E-state index in [1.165, 1.54) is 16.5 Å². The van der Waals surface area contributed by atoms with E-state index in [1.54, 1.807) is 0 Å². The molecule has 1 aliphatic rings. The van der Waals surface area contributed by atoms with Crippen LogP contribution < -0.4 is 5.23 Å². The molecule has 0 saturated carbocycles. The second-order valence-electron chi connectivity index (χ2n) is 4.51. The Morgan fingerprint density at radius 2 is 1.70 bits per heavy atom. The van der Waals surface area contributed by atoms with Crippen molar-refractivity contribution in [2.45, 2.75) is 0 Å². The van der Waals surface area contributed by atoms with Crippen LogP contribution in [0.25, 0.3) is 17.0 Å². The van der Waals surface area contributed by atoms with E-state index in [0.29, 0.717) is 0 Å². The smallest absolute Gasteiger partial charge is 0.0453 e. The van der Waals surface area contributed by atoms with Gasteiger partial charge in [0.15, 0.2) is 0 Å². The summed E-state index contributed by atoms with van der Waals surface area (Å²) in [5.74, 6) is 1.99. The second-order valence-corrected chi connectivity index (χ2v) is 4.51. The number of para-hydroxylation sites is 2. The predicted molar refractivity (Wildman–Crippen MR) is 89.2 cm³/mol. The van der Waals surface area contributed by atoms with E-state index < -0.39 is 0 Å². The number of hydrogen-bond acceptors (Lipinski definition) is 1. The molecular formula is C17H15BN2. The molecule has 3 heteroatoms. The second kappa shape index (κ2) is 6.07. The number of aromatic nitrogens is 1. The van der Waals surface area contributed by atoms with E-state index >= 15 is 0 Å². The standard InChI is InChI=1S/C9H8BN.C8H7N/c1-2-6-9-8(4-1)5-3-7-10-11-9;1-2-4-8-7(3-1)5-6-9-8/h1-7,11H;1-6,9H.